The predicted octanol–water partition coefficient (Wildman–Crippen LogP) is 1.92. The van der Waals surface area contributed by atoms with Crippen LogP contribution in [0.5, 0.6) is 0 Å². The Morgan fingerprint density at radius 3 is 2.14 bits per heavy atom. The molecule has 0 heterocycles. The molecule has 0 atom stereocenters. The number of sulfonamides is 1. The third-order valence-corrected chi connectivity index (χ3v) is 4.50. The summed E-state index contributed by atoms with van der Waals surface area (Å²) in [4.78, 5) is 11.1. The van der Waals surface area contributed by atoms with Crippen LogP contribution >= 0.6 is 11.6 Å². The average Bonchev–Trinajstić information content (AvgIpc) is 2.46. The van der Waals surface area contributed by atoms with Crippen LogP contribution in [0.25, 0.3) is 0 Å². The maximum atomic E-state index is 12.1. The molecular weight excluding hydrogens is 312 g/mol. The second-order valence-electron chi connectivity index (χ2n) is 4.34. The number of hydrogen-bond acceptors (Lipinski definition) is 3. The number of nitrogens with one attached hydrogen (secondary N) is 1. The van der Waals surface area contributed by atoms with Crippen molar-refractivity contribution in [1.82, 2.24) is 4.72 Å². The first kappa shape index (κ1) is 15.5. The zero-order valence-electron chi connectivity index (χ0n) is 10.9. The second-order valence-corrected chi connectivity index (χ2v) is 6.54. The first-order chi connectivity index (χ1) is 9.88. The second kappa shape index (κ2) is 6.26. The van der Waals surface area contributed by atoms with Gasteiger partial charge in [0.25, 0.3) is 0 Å². The van der Waals surface area contributed by atoms with Gasteiger partial charge in [0.05, 0.1) is 4.90 Å². The fourth-order valence-corrected chi connectivity index (χ4v) is 2.81. The molecule has 0 aromatic heterocycles. The van der Waals surface area contributed by atoms with E-state index in [-0.39, 0.29) is 11.4 Å². The Morgan fingerprint density at radius 2 is 1.62 bits per heavy atom. The first-order valence-corrected chi connectivity index (χ1v) is 7.88. The van der Waals surface area contributed by atoms with Gasteiger partial charge < -0.3 is 5.73 Å². The quantitative estimate of drug-likeness (QED) is 0.880. The van der Waals surface area contributed by atoms with Gasteiger partial charge in [-0.25, -0.2) is 13.1 Å². The van der Waals surface area contributed by atoms with Gasteiger partial charge in [-0.3, -0.25) is 4.79 Å². The lowest BCUT2D eigenvalue weighted by atomic mass is 10.1. The summed E-state index contributed by atoms with van der Waals surface area (Å²) in [7, 11) is -3.60. The van der Waals surface area contributed by atoms with Crippen molar-refractivity contribution in [2.75, 3.05) is 0 Å². The zero-order chi connectivity index (χ0) is 15.5. The molecular formula is C14H13ClN2O3S. The molecule has 0 aliphatic heterocycles. The standard InChI is InChI=1S/C14H13ClN2O3S/c15-12-5-7-13(8-6-12)21(19,20)17-9-10-1-3-11(4-2-10)14(16)18/h1-8,17H,9H2,(H2,16,18). The molecule has 2 aromatic carbocycles. The number of nitrogens with two attached hydrogens (primary N) is 1. The van der Waals surface area contributed by atoms with Crippen molar-refractivity contribution in [3.8, 4) is 0 Å². The van der Waals surface area contributed by atoms with Crippen LogP contribution in [-0.2, 0) is 16.6 Å². The molecule has 2 aromatic rings. The van der Waals surface area contributed by atoms with Gasteiger partial charge in [-0.15, -0.1) is 0 Å². The summed E-state index contributed by atoms with van der Waals surface area (Å²) in [6, 6.07) is 12.3. The molecule has 0 fully saturated rings. The molecule has 3 N–H and O–H groups in total. The highest BCUT2D eigenvalue weighted by Gasteiger charge is 2.13. The van der Waals surface area contributed by atoms with E-state index in [0.717, 1.165) is 5.56 Å². The number of amides is 1. The van der Waals surface area contributed by atoms with E-state index in [2.05, 4.69) is 4.72 Å². The molecule has 21 heavy (non-hydrogen) atoms. The van der Waals surface area contributed by atoms with Crippen LogP contribution in [0.1, 0.15) is 15.9 Å². The van der Waals surface area contributed by atoms with Crippen LogP contribution in [0.15, 0.2) is 53.4 Å². The Balaban J connectivity index is 2.08. The molecule has 0 aliphatic rings. The maximum absolute atomic E-state index is 12.1. The number of halogens is 1. The zero-order valence-corrected chi connectivity index (χ0v) is 12.5. The Kier molecular flexibility index (Phi) is 4.62. The summed E-state index contributed by atoms with van der Waals surface area (Å²) in [5.74, 6) is -0.525. The van der Waals surface area contributed by atoms with E-state index in [9.17, 15) is 13.2 Å². The van der Waals surface area contributed by atoms with Gasteiger partial charge in [0.1, 0.15) is 0 Å². The monoisotopic (exact) mass is 324 g/mol. The topological polar surface area (TPSA) is 89.3 Å². The van der Waals surface area contributed by atoms with Gasteiger partial charge in [-0.2, -0.15) is 0 Å². The molecule has 0 bridgehead atoms. The highest BCUT2D eigenvalue weighted by atomic mass is 35.5. The number of benzene rings is 2. The van der Waals surface area contributed by atoms with Crippen molar-refractivity contribution >= 4 is 27.5 Å². The highest BCUT2D eigenvalue weighted by Crippen LogP contribution is 2.14. The Labute approximate surface area is 127 Å². The Bertz CT molecular complexity index is 741. The SMILES string of the molecule is NC(=O)c1ccc(CNS(=O)(=O)c2ccc(Cl)cc2)cc1. The van der Waals surface area contributed by atoms with Crippen molar-refractivity contribution < 1.29 is 13.2 Å². The number of primary amides is 1. The molecule has 1 amide bonds. The summed E-state index contributed by atoms with van der Waals surface area (Å²) < 4.78 is 26.6. The molecule has 0 unspecified atom stereocenters. The van der Waals surface area contributed by atoms with Crippen LogP contribution in [0.3, 0.4) is 0 Å². The number of hydrogen-bond donors (Lipinski definition) is 2. The number of carbonyl (C=O) groups excluding carboxylic acids is 1. The van der Waals surface area contributed by atoms with Gasteiger partial charge >= 0.3 is 0 Å². The summed E-state index contributed by atoms with van der Waals surface area (Å²) in [6.07, 6.45) is 0. The first-order valence-electron chi connectivity index (χ1n) is 6.02. The molecule has 0 aliphatic carbocycles. The fraction of sp³-hybridized carbons (Fsp3) is 0.0714. The Morgan fingerprint density at radius 1 is 1.05 bits per heavy atom. The van der Waals surface area contributed by atoms with Crippen LogP contribution in [-0.4, -0.2) is 14.3 Å². The van der Waals surface area contributed by atoms with Gasteiger partial charge in [0, 0.05) is 17.1 Å². The molecule has 5 nitrogen and oxygen atoms in total. The van der Waals surface area contributed by atoms with Crippen molar-refractivity contribution in [3.05, 3.63) is 64.7 Å². The van der Waals surface area contributed by atoms with Gasteiger partial charge in [-0.05, 0) is 42.0 Å². The highest BCUT2D eigenvalue weighted by molar-refractivity contribution is 7.89. The van der Waals surface area contributed by atoms with Crippen molar-refractivity contribution in [3.63, 3.8) is 0 Å². The molecule has 2 rings (SSSR count). The maximum Gasteiger partial charge on any atom is 0.248 e. The Hall–Kier alpha value is -1.89. The molecule has 110 valence electrons. The smallest absolute Gasteiger partial charge is 0.248 e. The fourth-order valence-electron chi connectivity index (χ4n) is 1.66. The van der Waals surface area contributed by atoms with E-state index in [0.29, 0.717) is 10.6 Å². The molecule has 0 saturated carbocycles. The molecule has 0 spiro atoms. The largest absolute Gasteiger partial charge is 0.366 e. The van der Waals surface area contributed by atoms with E-state index in [1.165, 1.54) is 24.3 Å². The van der Waals surface area contributed by atoms with Crippen molar-refractivity contribution in [1.29, 1.82) is 0 Å². The summed E-state index contributed by atoms with van der Waals surface area (Å²) in [5.41, 5.74) is 6.23. The van der Waals surface area contributed by atoms with E-state index in [1.54, 1.807) is 24.3 Å². The van der Waals surface area contributed by atoms with Gasteiger partial charge in [0.15, 0.2) is 0 Å². The summed E-state index contributed by atoms with van der Waals surface area (Å²) >= 11 is 5.72. The average molecular weight is 325 g/mol. The lowest BCUT2D eigenvalue weighted by Crippen LogP contribution is -2.23. The lowest BCUT2D eigenvalue weighted by molar-refractivity contribution is 0.100. The number of carbonyl (C=O) groups is 1. The molecule has 7 heteroatoms. The summed E-state index contributed by atoms with van der Waals surface area (Å²) in [6.45, 7) is 0.115. The third-order valence-electron chi connectivity index (χ3n) is 2.83. The predicted molar refractivity (Wildman–Crippen MR) is 80.4 cm³/mol. The van der Waals surface area contributed by atoms with Crippen molar-refractivity contribution in [2.45, 2.75) is 11.4 Å². The van der Waals surface area contributed by atoms with Crippen LogP contribution in [0.4, 0.5) is 0 Å². The third kappa shape index (κ3) is 4.04. The van der Waals surface area contributed by atoms with Gasteiger partial charge in [-0.1, -0.05) is 23.7 Å². The minimum atomic E-state index is -3.60. The normalized spacial score (nSPS) is 11.3. The van der Waals surface area contributed by atoms with Gasteiger partial charge in [0.2, 0.25) is 15.9 Å². The minimum Gasteiger partial charge on any atom is -0.366 e. The lowest BCUT2D eigenvalue weighted by Gasteiger charge is -2.07. The van der Waals surface area contributed by atoms with E-state index >= 15 is 0 Å². The van der Waals surface area contributed by atoms with E-state index in [1.807, 2.05) is 0 Å². The van der Waals surface area contributed by atoms with E-state index in [4.69, 9.17) is 17.3 Å². The molecule has 0 saturated heterocycles. The minimum absolute atomic E-state index is 0.115. The van der Waals surface area contributed by atoms with Crippen LogP contribution in [0.2, 0.25) is 5.02 Å². The molecule has 0 radical (unpaired) electrons. The van der Waals surface area contributed by atoms with E-state index < -0.39 is 15.9 Å². The van der Waals surface area contributed by atoms with Crippen LogP contribution in [0, 0.1) is 0 Å². The number of rotatable bonds is 5. The van der Waals surface area contributed by atoms with Crippen molar-refractivity contribution in [2.24, 2.45) is 5.73 Å². The van der Waals surface area contributed by atoms with Crippen LogP contribution < -0.4 is 10.5 Å². The summed E-state index contributed by atoms with van der Waals surface area (Å²) in [5, 5.41) is 0.469.